The van der Waals surface area contributed by atoms with Gasteiger partial charge in [-0.3, -0.25) is 9.69 Å². The van der Waals surface area contributed by atoms with Crippen LogP contribution in [0.5, 0.6) is 11.5 Å². The molecule has 2 N–H and O–H groups in total. The van der Waals surface area contributed by atoms with Gasteiger partial charge in [-0.15, -0.1) is 0 Å². The third kappa shape index (κ3) is 4.22. The number of morpholine rings is 1. The third-order valence-corrected chi connectivity index (χ3v) is 5.96. The maximum Gasteiger partial charge on any atom is 0.258 e. The lowest BCUT2D eigenvalue weighted by Gasteiger charge is -2.29. The molecular formula is C24H28N4O4. The molecule has 1 aromatic carbocycles. The number of benzene rings is 1. The second-order valence-electron chi connectivity index (χ2n) is 7.90. The molecule has 0 spiro atoms. The van der Waals surface area contributed by atoms with Gasteiger partial charge < -0.3 is 24.5 Å². The Bertz CT molecular complexity index is 1110. The molecule has 32 heavy (non-hydrogen) atoms. The summed E-state index contributed by atoms with van der Waals surface area (Å²) in [6.07, 6.45) is 0. The fourth-order valence-electron chi connectivity index (χ4n) is 4.29. The van der Waals surface area contributed by atoms with Gasteiger partial charge in [0.25, 0.3) is 5.56 Å². The zero-order valence-corrected chi connectivity index (χ0v) is 18.5. The topological polar surface area (TPSA) is 103 Å². The first-order valence-corrected chi connectivity index (χ1v) is 10.9. The highest BCUT2D eigenvalue weighted by Gasteiger charge is 2.34. The van der Waals surface area contributed by atoms with Crippen LogP contribution in [0.2, 0.25) is 0 Å². The number of ether oxygens (including phenoxy) is 3. The fourth-order valence-corrected chi connectivity index (χ4v) is 4.29. The highest BCUT2D eigenvalue weighted by Crippen LogP contribution is 2.40. The number of hydrogen-bond donors (Lipinski definition) is 1. The Kier molecular flexibility index (Phi) is 6.49. The summed E-state index contributed by atoms with van der Waals surface area (Å²) >= 11 is 0. The van der Waals surface area contributed by atoms with E-state index in [1.807, 2.05) is 44.2 Å². The van der Waals surface area contributed by atoms with Crippen LogP contribution >= 0.6 is 0 Å². The molecule has 0 bridgehead atoms. The molecule has 2 aliphatic heterocycles. The average Bonchev–Trinajstić information content (AvgIpc) is 2.79. The van der Waals surface area contributed by atoms with Crippen molar-refractivity contribution in [1.82, 2.24) is 9.47 Å². The van der Waals surface area contributed by atoms with Gasteiger partial charge in [-0.05, 0) is 31.5 Å². The first-order chi connectivity index (χ1) is 15.5. The van der Waals surface area contributed by atoms with Crippen LogP contribution in [-0.4, -0.2) is 48.9 Å². The number of aromatic nitrogens is 1. The molecule has 2 aromatic rings. The van der Waals surface area contributed by atoms with Crippen molar-refractivity contribution < 1.29 is 14.2 Å². The molecule has 0 unspecified atom stereocenters. The van der Waals surface area contributed by atoms with E-state index in [1.54, 1.807) is 4.57 Å². The summed E-state index contributed by atoms with van der Waals surface area (Å²) in [5.74, 6) is 0.572. The van der Waals surface area contributed by atoms with E-state index in [1.165, 1.54) is 0 Å². The summed E-state index contributed by atoms with van der Waals surface area (Å²) in [4.78, 5) is 16.0. The number of pyridine rings is 1. The van der Waals surface area contributed by atoms with Gasteiger partial charge in [0, 0.05) is 37.9 Å². The molecule has 1 saturated heterocycles. The number of nitrogens with two attached hydrogens (primary N) is 1. The van der Waals surface area contributed by atoms with Gasteiger partial charge in [-0.25, -0.2) is 0 Å². The Labute approximate surface area is 187 Å². The van der Waals surface area contributed by atoms with Crippen molar-refractivity contribution in [2.45, 2.75) is 26.3 Å². The summed E-state index contributed by atoms with van der Waals surface area (Å²) in [5.41, 5.74) is 8.19. The van der Waals surface area contributed by atoms with Crippen LogP contribution in [-0.2, 0) is 11.3 Å². The normalized spacial score (nSPS) is 18.6. The molecule has 4 rings (SSSR count). The van der Waals surface area contributed by atoms with E-state index in [2.05, 4.69) is 11.0 Å². The summed E-state index contributed by atoms with van der Waals surface area (Å²) < 4.78 is 18.4. The number of rotatable bonds is 6. The average molecular weight is 437 g/mol. The highest BCUT2D eigenvalue weighted by molar-refractivity contribution is 5.55. The first-order valence-electron chi connectivity index (χ1n) is 10.9. The zero-order chi connectivity index (χ0) is 22.7. The van der Waals surface area contributed by atoms with E-state index < -0.39 is 5.92 Å². The molecule has 1 aromatic heterocycles. The molecule has 3 heterocycles. The number of fused-ring (bicyclic) bond motifs is 1. The first kappa shape index (κ1) is 21.9. The van der Waals surface area contributed by atoms with Crippen LogP contribution in [0.1, 0.15) is 29.7 Å². The predicted molar refractivity (Wildman–Crippen MR) is 120 cm³/mol. The van der Waals surface area contributed by atoms with E-state index in [-0.39, 0.29) is 17.0 Å². The lowest BCUT2D eigenvalue weighted by atomic mass is 9.84. The van der Waals surface area contributed by atoms with Crippen molar-refractivity contribution in [3.63, 3.8) is 0 Å². The third-order valence-electron chi connectivity index (χ3n) is 5.96. The maximum absolute atomic E-state index is 13.7. The molecule has 0 amide bonds. The zero-order valence-electron chi connectivity index (χ0n) is 18.5. The minimum absolute atomic E-state index is 0.0313. The summed E-state index contributed by atoms with van der Waals surface area (Å²) in [6.45, 7) is 8.79. The van der Waals surface area contributed by atoms with Crippen LogP contribution in [0, 0.1) is 18.3 Å². The standard InChI is InChI=1S/C24H28N4O4/c1-3-31-18-6-4-17(5-7-18)21-19(15-25)23(26)32-20-14-16(2)28(24(29)22(20)21)9-8-27-10-12-30-13-11-27/h4-7,14,21H,3,8-13,26H2,1-2H3/t21-/m0/s1. The Morgan fingerprint density at radius 1 is 1.22 bits per heavy atom. The van der Waals surface area contributed by atoms with Crippen LogP contribution in [0.25, 0.3) is 0 Å². The number of aryl methyl sites for hydroxylation is 1. The maximum atomic E-state index is 13.7. The number of nitrogens with zero attached hydrogens (tertiary/aromatic N) is 3. The van der Waals surface area contributed by atoms with Crippen LogP contribution in [0.3, 0.4) is 0 Å². The summed E-state index contributed by atoms with van der Waals surface area (Å²) in [5, 5.41) is 9.83. The Balaban J connectivity index is 1.74. The van der Waals surface area contributed by atoms with Crippen molar-refractivity contribution in [2.24, 2.45) is 5.73 Å². The summed E-state index contributed by atoms with van der Waals surface area (Å²) in [6, 6.07) is 11.4. The van der Waals surface area contributed by atoms with Crippen molar-refractivity contribution in [1.29, 1.82) is 5.26 Å². The molecular weight excluding hydrogens is 408 g/mol. The fraction of sp³-hybridized carbons (Fsp3) is 0.417. The van der Waals surface area contributed by atoms with E-state index in [0.29, 0.717) is 37.7 Å². The van der Waals surface area contributed by atoms with Gasteiger partial charge in [0.05, 0.1) is 31.3 Å². The van der Waals surface area contributed by atoms with Gasteiger partial charge in [-0.2, -0.15) is 5.26 Å². The van der Waals surface area contributed by atoms with Gasteiger partial charge in [0.1, 0.15) is 23.1 Å². The van der Waals surface area contributed by atoms with Gasteiger partial charge >= 0.3 is 0 Å². The van der Waals surface area contributed by atoms with Crippen LogP contribution < -0.4 is 20.8 Å². The molecule has 8 nitrogen and oxygen atoms in total. The number of hydrogen-bond acceptors (Lipinski definition) is 7. The smallest absolute Gasteiger partial charge is 0.258 e. The molecule has 2 aliphatic rings. The predicted octanol–water partition coefficient (Wildman–Crippen LogP) is 2.11. The number of nitriles is 1. The van der Waals surface area contributed by atoms with Crippen molar-refractivity contribution in [2.75, 3.05) is 39.5 Å². The van der Waals surface area contributed by atoms with Gasteiger partial charge in [0.2, 0.25) is 5.88 Å². The quantitative estimate of drug-likeness (QED) is 0.740. The van der Waals surface area contributed by atoms with E-state index in [4.69, 9.17) is 19.9 Å². The second kappa shape index (κ2) is 9.47. The minimum atomic E-state index is -0.595. The monoisotopic (exact) mass is 436 g/mol. The summed E-state index contributed by atoms with van der Waals surface area (Å²) in [7, 11) is 0. The van der Waals surface area contributed by atoms with E-state index >= 15 is 0 Å². The molecule has 0 radical (unpaired) electrons. The van der Waals surface area contributed by atoms with Crippen molar-refractivity contribution in [3.8, 4) is 17.6 Å². The number of allylic oxidation sites excluding steroid dienone is 1. The van der Waals surface area contributed by atoms with E-state index in [0.717, 1.165) is 36.6 Å². The molecule has 1 atom stereocenters. The van der Waals surface area contributed by atoms with Gasteiger partial charge in [0.15, 0.2) is 0 Å². The lowest BCUT2D eigenvalue weighted by Crippen LogP contribution is -2.40. The van der Waals surface area contributed by atoms with E-state index in [9.17, 15) is 10.1 Å². The Hall–Kier alpha value is -3.28. The molecule has 0 aliphatic carbocycles. The Morgan fingerprint density at radius 3 is 2.59 bits per heavy atom. The van der Waals surface area contributed by atoms with Crippen molar-refractivity contribution >= 4 is 0 Å². The second-order valence-corrected chi connectivity index (χ2v) is 7.90. The largest absolute Gasteiger partial charge is 0.494 e. The highest BCUT2D eigenvalue weighted by atomic mass is 16.5. The molecule has 1 fully saturated rings. The Morgan fingerprint density at radius 2 is 1.94 bits per heavy atom. The lowest BCUT2D eigenvalue weighted by molar-refractivity contribution is 0.0362. The van der Waals surface area contributed by atoms with Crippen molar-refractivity contribution in [3.05, 3.63) is 69.0 Å². The van der Waals surface area contributed by atoms with Gasteiger partial charge in [-0.1, -0.05) is 12.1 Å². The van der Waals surface area contributed by atoms with Crippen LogP contribution in [0.4, 0.5) is 0 Å². The molecule has 0 saturated carbocycles. The molecule has 168 valence electrons. The van der Waals surface area contributed by atoms with Crippen LogP contribution in [0.15, 0.2) is 46.6 Å². The SMILES string of the molecule is CCOc1ccc([C@H]2C(C#N)=C(N)Oc3cc(C)n(CCN4CCOCC4)c(=O)c32)cc1. The molecule has 8 heteroatoms. The minimum Gasteiger partial charge on any atom is -0.494 e.